The molecule has 0 spiro atoms. The molecule has 0 aliphatic carbocycles. The van der Waals surface area contributed by atoms with E-state index in [0.717, 1.165) is 5.56 Å². The maximum atomic E-state index is 12.2. The van der Waals surface area contributed by atoms with Crippen LogP contribution in [0.25, 0.3) is 11.0 Å². The fourth-order valence-corrected chi connectivity index (χ4v) is 1.94. The molecule has 1 heterocycles. The van der Waals surface area contributed by atoms with Gasteiger partial charge in [-0.1, -0.05) is 41.7 Å². The van der Waals surface area contributed by atoms with E-state index >= 15 is 0 Å². The minimum Gasteiger partial charge on any atom is -0.463 e. The maximum absolute atomic E-state index is 12.2. The minimum absolute atomic E-state index is 0.0912. The Morgan fingerprint density at radius 1 is 0.950 bits per heavy atom. The number of hydrogen-bond donors (Lipinski definition) is 0. The third-order valence-corrected chi connectivity index (χ3v) is 3.07. The van der Waals surface area contributed by atoms with Gasteiger partial charge in [0.1, 0.15) is 17.4 Å². The number of para-hydroxylation sites is 1. The lowest BCUT2D eigenvalue weighted by Gasteiger charge is -1.96. The molecule has 0 N–H and O–H groups in total. The van der Waals surface area contributed by atoms with Crippen molar-refractivity contribution in [1.82, 2.24) is 0 Å². The van der Waals surface area contributed by atoms with Gasteiger partial charge < -0.3 is 4.42 Å². The molecule has 0 fully saturated rings. The van der Waals surface area contributed by atoms with Gasteiger partial charge in [-0.2, -0.15) is 0 Å². The van der Waals surface area contributed by atoms with Crippen LogP contribution in [0.3, 0.4) is 0 Å². The van der Waals surface area contributed by atoms with Crippen LogP contribution in [0.5, 0.6) is 0 Å². The fraction of sp³-hybridized carbons (Fsp3) is 0.0556. The van der Waals surface area contributed by atoms with E-state index in [2.05, 4.69) is 11.8 Å². The van der Waals surface area contributed by atoms with Crippen LogP contribution in [0.1, 0.15) is 16.7 Å². The second-order valence-corrected chi connectivity index (χ2v) is 4.59. The molecule has 96 valence electrons. The van der Waals surface area contributed by atoms with Crippen molar-refractivity contribution in [3.8, 4) is 11.8 Å². The summed E-state index contributed by atoms with van der Waals surface area (Å²) in [6.45, 7) is 2.02. The number of benzene rings is 2. The maximum Gasteiger partial charge on any atom is 0.208 e. The Hall–Kier alpha value is -2.79. The quantitative estimate of drug-likeness (QED) is 0.579. The Morgan fingerprint density at radius 2 is 1.70 bits per heavy atom. The molecular weight excluding hydrogens is 248 g/mol. The van der Waals surface area contributed by atoms with Crippen molar-refractivity contribution in [3.63, 3.8) is 0 Å². The second-order valence-electron chi connectivity index (χ2n) is 4.59. The summed E-state index contributed by atoms with van der Waals surface area (Å²) < 4.78 is 5.43. The van der Waals surface area contributed by atoms with Gasteiger partial charge in [-0.05, 0) is 31.2 Å². The van der Waals surface area contributed by atoms with Crippen molar-refractivity contribution in [3.05, 3.63) is 81.7 Å². The van der Waals surface area contributed by atoms with Crippen LogP contribution in [-0.2, 0) is 0 Å². The first-order valence-electron chi connectivity index (χ1n) is 6.33. The van der Waals surface area contributed by atoms with Crippen LogP contribution in [-0.4, -0.2) is 0 Å². The van der Waals surface area contributed by atoms with Crippen LogP contribution in [0.2, 0.25) is 0 Å². The lowest BCUT2D eigenvalue weighted by molar-refractivity contribution is 0.600. The van der Waals surface area contributed by atoms with Crippen molar-refractivity contribution < 1.29 is 4.42 Å². The van der Waals surface area contributed by atoms with Crippen LogP contribution in [0.4, 0.5) is 0 Å². The topological polar surface area (TPSA) is 30.2 Å². The van der Waals surface area contributed by atoms with Crippen molar-refractivity contribution in [2.75, 3.05) is 0 Å². The van der Waals surface area contributed by atoms with Gasteiger partial charge in [-0.3, -0.25) is 4.79 Å². The van der Waals surface area contributed by atoms with Crippen molar-refractivity contribution in [2.24, 2.45) is 0 Å². The summed E-state index contributed by atoms with van der Waals surface area (Å²) in [6, 6.07) is 15.0. The van der Waals surface area contributed by atoms with Gasteiger partial charge in [0.2, 0.25) is 5.43 Å². The predicted octanol–water partition coefficient (Wildman–Crippen LogP) is 3.50. The van der Waals surface area contributed by atoms with E-state index in [1.807, 2.05) is 43.3 Å². The number of hydrogen-bond acceptors (Lipinski definition) is 2. The molecule has 0 saturated heterocycles. The van der Waals surface area contributed by atoms with Crippen LogP contribution < -0.4 is 5.43 Å². The summed E-state index contributed by atoms with van der Waals surface area (Å²) in [4.78, 5) is 12.2. The van der Waals surface area contributed by atoms with Gasteiger partial charge in [0, 0.05) is 5.56 Å². The molecule has 2 heteroatoms. The smallest absolute Gasteiger partial charge is 0.208 e. The second kappa shape index (κ2) is 5.07. The van der Waals surface area contributed by atoms with Gasteiger partial charge >= 0.3 is 0 Å². The van der Waals surface area contributed by atoms with E-state index in [9.17, 15) is 4.79 Å². The lowest BCUT2D eigenvalue weighted by atomic mass is 10.1. The summed E-state index contributed by atoms with van der Waals surface area (Å²) in [7, 11) is 0. The Balaban J connectivity index is 2.06. The Bertz CT molecular complexity index is 875. The molecule has 0 amide bonds. The summed E-state index contributed by atoms with van der Waals surface area (Å²) in [5, 5.41) is 0.559. The first-order valence-corrected chi connectivity index (χ1v) is 6.33. The van der Waals surface area contributed by atoms with E-state index in [1.165, 1.54) is 11.8 Å². The number of rotatable bonds is 0. The molecule has 0 aliphatic heterocycles. The average molecular weight is 260 g/mol. The molecule has 2 nitrogen and oxygen atoms in total. The van der Waals surface area contributed by atoms with E-state index in [4.69, 9.17) is 4.42 Å². The largest absolute Gasteiger partial charge is 0.463 e. The molecule has 20 heavy (non-hydrogen) atoms. The Labute approximate surface area is 116 Å². The zero-order chi connectivity index (χ0) is 13.9. The third-order valence-electron chi connectivity index (χ3n) is 3.07. The Morgan fingerprint density at radius 3 is 2.50 bits per heavy atom. The third kappa shape index (κ3) is 2.34. The predicted molar refractivity (Wildman–Crippen MR) is 79.6 cm³/mol. The fourth-order valence-electron chi connectivity index (χ4n) is 1.94. The number of fused-ring (bicyclic) bond motifs is 1. The van der Waals surface area contributed by atoms with Gasteiger partial charge in [0.15, 0.2) is 0 Å². The van der Waals surface area contributed by atoms with Gasteiger partial charge in [-0.15, -0.1) is 0 Å². The normalized spacial score (nSPS) is 10.1. The molecule has 3 aromatic rings. The molecule has 0 saturated carbocycles. The van der Waals surface area contributed by atoms with E-state index < -0.39 is 0 Å². The van der Waals surface area contributed by atoms with Crippen LogP contribution >= 0.6 is 0 Å². The van der Waals surface area contributed by atoms with Gasteiger partial charge in [0.05, 0.1) is 5.39 Å². The molecule has 0 atom stereocenters. The monoisotopic (exact) mass is 260 g/mol. The first kappa shape index (κ1) is 12.3. The van der Waals surface area contributed by atoms with Crippen LogP contribution in [0, 0.1) is 18.8 Å². The minimum atomic E-state index is -0.0912. The number of aryl methyl sites for hydroxylation is 1. The molecule has 1 aromatic heterocycles. The highest BCUT2D eigenvalue weighted by atomic mass is 16.3. The van der Waals surface area contributed by atoms with Gasteiger partial charge in [-0.25, -0.2) is 0 Å². The zero-order valence-electron chi connectivity index (χ0n) is 11.0. The lowest BCUT2D eigenvalue weighted by Crippen LogP contribution is -2.05. The highest BCUT2D eigenvalue weighted by Gasteiger charge is 2.03. The van der Waals surface area contributed by atoms with Crippen molar-refractivity contribution in [1.29, 1.82) is 0 Å². The summed E-state index contributed by atoms with van der Waals surface area (Å²) in [5.41, 5.74) is 2.93. The summed E-state index contributed by atoms with van der Waals surface area (Å²) >= 11 is 0. The van der Waals surface area contributed by atoms with E-state index in [0.29, 0.717) is 16.5 Å². The molecule has 0 unspecified atom stereocenters. The molecule has 0 bridgehead atoms. The summed E-state index contributed by atoms with van der Waals surface area (Å²) in [5.74, 6) is 5.87. The molecule has 3 rings (SSSR count). The van der Waals surface area contributed by atoms with Crippen LogP contribution in [0.15, 0.2) is 64.0 Å². The van der Waals surface area contributed by atoms with E-state index in [1.54, 1.807) is 12.1 Å². The zero-order valence-corrected chi connectivity index (χ0v) is 11.0. The highest BCUT2D eigenvalue weighted by Crippen LogP contribution is 2.10. The molecular formula is C18H12O2. The summed E-state index contributed by atoms with van der Waals surface area (Å²) in [6.07, 6.45) is 1.42. The first-order chi connectivity index (χ1) is 9.74. The van der Waals surface area contributed by atoms with Crippen molar-refractivity contribution >= 4 is 11.0 Å². The van der Waals surface area contributed by atoms with Crippen molar-refractivity contribution in [2.45, 2.75) is 6.92 Å². The Kier molecular flexibility index (Phi) is 3.10. The average Bonchev–Trinajstić information content (AvgIpc) is 2.49. The highest BCUT2D eigenvalue weighted by molar-refractivity contribution is 5.77. The SMILES string of the molecule is Cc1ccc(C#Cc2coc3ccccc3c2=O)cc1. The van der Waals surface area contributed by atoms with E-state index in [-0.39, 0.29) is 5.43 Å². The van der Waals surface area contributed by atoms with Gasteiger partial charge in [0.25, 0.3) is 0 Å². The molecule has 2 aromatic carbocycles. The molecule has 0 aliphatic rings. The standard InChI is InChI=1S/C18H12O2/c1-13-6-8-14(9-7-13)10-11-15-12-20-17-5-3-2-4-16(17)18(15)19/h2-9,12H,1H3. The molecule has 0 radical (unpaired) electrons.